The van der Waals surface area contributed by atoms with E-state index in [0.29, 0.717) is 31.7 Å². The van der Waals surface area contributed by atoms with Gasteiger partial charge in [-0.05, 0) is 43.5 Å². The van der Waals surface area contributed by atoms with Crippen molar-refractivity contribution in [3.05, 3.63) is 82.7 Å². The van der Waals surface area contributed by atoms with Crippen LogP contribution in [0.4, 0.5) is 10.5 Å². The molecule has 1 aromatic heterocycles. The van der Waals surface area contributed by atoms with E-state index in [1.165, 1.54) is 5.56 Å². The predicted octanol–water partition coefficient (Wildman–Crippen LogP) is 3.99. The normalized spacial score (nSPS) is 13.4. The van der Waals surface area contributed by atoms with Gasteiger partial charge in [0, 0.05) is 43.0 Å². The summed E-state index contributed by atoms with van der Waals surface area (Å²) in [6, 6.07) is 17.6. The summed E-state index contributed by atoms with van der Waals surface area (Å²) in [6.07, 6.45) is 1.58. The summed E-state index contributed by atoms with van der Waals surface area (Å²) in [5.74, 6) is 0.212. The second kappa shape index (κ2) is 9.68. The van der Waals surface area contributed by atoms with Crippen LogP contribution in [0.5, 0.6) is 0 Å². The zero-order valence-electron chi connectivity index (χ0n) is 18.6. The van der Waals surface area contributed by atoms with Crippen molar-refractivity contribution in [2.45, 2.75) is 46.3 Å². The van der Waals surface area contributed by atoms with Crippen LogP contribution in [0.2, 0.25) is 0 Å². The number of rotatable bonds is 7. The van der Waals surface area contributed by atoms with Gasteiger partial charge < -0.3 is 15.5 Å². The van der Waals surface area contributed by atoms with Crippen LogP contribution in [-0.2, 0) is 24.4 Å². The molecule has 1 saturated heterocycles. The lowest BCUT2D eigenvalue weighted by Gasteiger charge is -2.15. The lowest BCUT2D eigenvalue weighted by atomic mass is 10.2. The maximum atomic E-state index is 12.4. The molecule has 166 valence electrons. The minimum Gasteiger partial charge on any atom is -0.338 e. The highest BCUT2D eigenvalue weighted by Crippen LogP contribution is 2.17. The molecule has 0 unspecified atom stereocenters. The summed E-state index contributed by atoms with van der Waals surface area (Å²) >= 11 is 0. The molecule has 0 bridgehead atoms. The number of urea groups is 1. The van der Waals surface area contributed by atoms with Crippen molar-refractivity contribution in [3.63, 3.8) is 0 Å². The third kappa shape index (κ3) is 5.17. The Morgan fingerprint density at radius 1 is 1.00 bits per heavy atom. The molecule has 0 saturated carbocycles. The Morgan fingerprint density at radius 3 is 2.41 bits per heavy atom. The van der Waals surface area contributed by atoms with E-state index in [1.54, 1.807) is 0 Å². The van der Waals surface area contributed by atoms with Crippen LogP contribution in [0.25, 0.3) is 0 Å². The molecule has 32 heavy (non-hydrogen) atoms. The molecular formula is C25H29N5O2. The molecule has 2 N–H and O–H groups in total. The Labute approximate surface area is 188 Å². The first-order chi connectivity index (χ1) is 15.5. The van der Waals surface area contributed by atoms with Crippen molar-refractivity contribution in [2.75, 3.05) is 11.9 Å². The summed E-state index contributed by atoms with van der Waals surface area (Å²) in [7, 11) is 0. The molecule has 0 aliphatic carbocycles. The van der Waals surface area contributed by atoms with Gasteiger partial charge in [0.05, 0.1) is 12.2 Å². The van der Waals surface area contributed by atoms with Crippen molar-refractivity contribution < 1.29 is 9.59 Å². The van der Waals surface area contributed by atoms with E-state index in [-0.39, 0.29) is 11.9 Å². The fourth-order valence-electron chi connectivity index (χ4n) is 4.03. The van der Waals surface area contributed by atoms with Crippen molar-refractivity contribution in [3.8, 4) is 0 Å². The van der Waals surface area contributed by atoms with E-state index in [9.17, 15) is 9.59 Å². The van der Waals surface area contributed by atoms with Crippen LogP contribution in [0.3, 0.4) is 0 Å². The Balaban J connectivity index is 1.30. The molecule has 7 heteroatoms. The average molecular weight is 432 g/mol. The fraction of sp³-hybridized carbons (Fsp3) is 0.320. The van der Waals surface area contributed by atoms with E-state index >= 15 is 0 Å². The number of aromatic nitrogens is 2. The van der Waals surface area contributed by atoms with Crippen molar-refractivity contribution >= 4 is 17.6 Å². The smallest absolute Gasteiger partial charge is 0.319 e. The SMILES string of the molecule is Cc1nn(Cc2ccccc2)c(C)c1CNC(=O)Nc1ccc(CN2CCCC2=O)cc1. The fourth-order valence-corrected chi connectivity index (χ4v) is 4.03. The predicted molar refractivity (Wildman–Crippen MR) is 124 cm³/mol. The van der Waals surface area contributed by atoms with Gasteiger partial charge in [-0.2, -0.15) is 5.10 Å². The Morgan fingerprint density at radius 2 is 1.72 bits per heavy atom. The third-order valence-corrected chi connectivity index (χ3v) is 5.89. The number of carbonyl (C=O) groups excluding carboxylic acids is 2. The second-order valence-corrected chi connectivity index (χ2v) is 8.22. The Bertz CT molecular complexity index is 1090. The van der Waals surface area contributed by atoms with Gasteiger partial charge in [-0.25, -0.2) is 4.79 Å². The molecule has 3 amide bonds. The molecule has 0 spiro atoms. The number of aryl methyl sites for hydroxylation is 1. The minimum atomic E-state index is -0.262. The second-order valence-electron chi connectivity index (χ2n) is 8.22. The van der Waals surface area contributed by atoms with Crippen molar-refractivity contribution in [1.29, 1.82) is 0 Å². The van der Waals surface area contributed by atoms with Gasteiger partial charge in [-0.3, -0.25) is 9.48 Å². The summed E-state index contributed by atoms with van der Waals surface area (Å²) < 4.78 is 1.98. The number of benzene rings is 2. The van der Waals surface area contributed by atoms with Crippen molar-refractivity contribution in [1.82, 2.24) is 20.0 Å². The molecular weight excluding hydrogens is 402 g/mol. The van der Waals surface area contributed by atoms with Crippen LogP contribution in [0.15, 0.2) is 54.6 Å². The standard InChI is InChI=1S/C25H29N5O2/c1-18-23(19(2)30(28-18)17-20-7-4-3-5-8-20)15-26-25(32)27-22-12-10-21(11-13-22)16-29-14-6-9-24(29)31/h3-5,7-8,10-13H,6,9,14-17H2,1-2H3,(H2,26,27,32). The molecule has 1 aliphatic heterocycles. The molecule has 0 atom stereocenters. The van der Waals surface area contributed by atoms with Gasteiger partial charge in [0.1, 0.15) is 0 Å². The highest BCUT2D eigenvalue weighted by molar-refractivity contribution is 5.89. The lowest BCUT2D eigenvalue weighted by Crippen LogP contribution is -2.28. The molecule has 3 aromatic rings. The Kier molecular flexibility index (Phi) is 6.54. The quantitative estimate of drug-likeness (QED) is 0.594. The monoisotopic (exact) mass is 431 g/mol. The number of hydrogen-bond acceptors (Lipinski definition) is 3. The highest BCUT2D eigenvalue weighted by atomic mass is 16.2. The third-order valence-electron chi connectivity index (χ3n) is 5.89. The first-order valence-electron chi connectivity index (χ1n) is 11.0. The summed E-state index contributed by atoms with van der Waals surface area (Å²) in [4.78, 5) is 26.1. The molecule has 7 nitrogen and oxygen atoms in total. The molecule has 2 aromatic carbocycles. The number of amides is 3. The molecule has 1 fully saturated rings. The van der Waals surface area contributed by atoms with E-state index < -0.39 is 0 Å². The van der Waals surface area contributed by atoms with Crippen LogP contribution in [0.1, 0.15) is 40.9 Å². The maximum Gasteiger partial charge on any atom is 0.319 e. The Hall–Kier alpha value is -3.61. The van der Waals surface area contributed by atoms with Crippen LogP contribution in [0, 0.1) is 13.8 Å². The molecule has 1 aliphatic rings. The average Bonchev–Trinajstić information content (AvgIpc) is 3.30. The molecule has 0 radical (unpaired) electrons. The van der Waals surface area contributed by atoms with Crippen LogP contribution < -0.4 is 10.6 Å². The van der Waals surface area contributed by atoms with E-state index in [2.05, 4.69) is 27.9 Å². The zero-order valence-corrected chi connectivity index (χ0v) is 18.6. The van der Waals surface area contributed by atoms with E-state index in [0.717, 1.165) is 35.5 Å². The first kappa shape index (κ1) is 21.6. The minimum absolute atomic E-state index is 0.212. The number of hydrogen-bond donors (Lipinski definition) is 2. The summed E-state index contributed by atoms with van der Waals surface area (Å²) in [6.45, 7) is 6.55. The molecule has 2 heterocycles. The van der Waals surface area contributed by atoms with Crippen molar-refractivity contribution in [2.24, 2.45) is 0 Å². The largest absolute Gasteiger partial charge is 0.338 e. The number of likely N-dealkylation sites (tertiary alicyclic amines) is 1. The van der Waals surface area contributed by atoms with Gasteiger partial charge in [0.25, 0.3) is 0 Å². The summed E-state index contributed by atoms with van der Waals surface area (Å²) in [5.41, 5.74) is 5.96. The summed E-state index contributed by atoms with van der Waals surface area (Å²) in [5, 5.41) is 10.4. The lowest BCUT2D eigenvalue weighted by molar-refractivity contribution is -0.128. The number of carbonyl (C=O) groups is 2. The maximum absolute atomic E-state index is 12.4. The number of anilines is 1. The highest BCUT2D eigenvalue weighted by Gasteiger charge is 2.20. The van der Waals surface area contributed by atoms with Gasteiger partial charge in [0.15, 0.2) is 0 Å². The first-order valence-corrected chi connectivity index (χ1v) is 11.0. The van der Waals surface area contributed by atoms with Crippen LogP contribution in [-0.4, -0.2) is 33.2 Å². The van der Waals surface area contributed by atoms with Crippen LogP contribution >= 0.6 is 0 Å². The van der Waals surface area contributed by atoms with Gasteiger partial charge in [-0.15, -0.1) is 0 Å². The van der Waals surface area contributed by atoms with Gasteiger partial charge in [0.2, 0.25) is 5.91 Å². The molecule has 4 rings (SSSR count). The number of nitrogens with one attached hydrogen (secondary N) is 2. The topological polar surface area (TPSA) is 79.3 Å². The van der Waals surface area contributed by atoms with E-state index in [1.807, 2.05) is 65.9 Å². The van der Waals surface area contributed by atoms with Gasteiger partial charge in [-0.1, -0.05) is 42.5 Å². The zero-order chi connectivity index (χ0) is 22.5. The van der Waals surface area contributed by atoms with E-state index in [4.69, 9.17) is 0 Å². The number of nitrogens with zero attached hydrogens (tertiary/aromatic N) is 3. The van der Waals surface area contributed by atoms with Gasteiger partial charge >= 0.3 is 6.03 Å².